The van der Waals surface area contributed by atoms with E-state index in [-0.39, 0.29) is 23.6 Å². The Bertz CT molecular complexity index is 584. The molecule has 0 aliphatic heterocycles. The Morgan fingerprint density at radius 3 is 2.83 bits per heavy atom. The van der Waals surface area contributed by atoms with Crippen LogP contribution in [0.2, 0.25) is 0 Å². The third-order valence-corrected chi connectivity index (χ3v) is 3.74. The van der Waals surface area contributed by atoms with E-state index in [0.29, 0.717) is 6.42 Å². The largest absolute Gasteiger partial charge is 0.476 e. The topological polar surface area (TPSA) is 136 Å². The van der Waals surface area contributed by atoms with Crippen LogP contribution in [-0.4, -0.2) is 36.2 Å². The molecular formula is C9H12N4O4S. The summed E-state index contributed by atoms with van der Waals surface area (Å²) in [6, 6.07) is 1.88. The molecule has 8 nitrogen and oxygen atoms in total. The lowest BCUT2D eigenvalue weighted by molar-refractivity contribution is 0.0686. The van der Waals surface area contributed by atoms with Gasteiger partial charge in [-0.2, -0.15) is 10.4 Å². The number of nitrogens with one attached hydrogen (secondary N) is 2. The Morgan fingerprint density at radius 1 is 1.61 bits per heavy atom. The summed E-state index contributed by atoms with van der Waals surface area (Å²) in [5.74, 6) is -1.42. The molecular weight excluding hydrogens is 260 g/mol. The number of hydrogen-bond donors (Lipinski definition) is 3. The number of aryl methyl sites for hydroxylation is 1. The van der Waals surface area contributed by atoms with Crippen LogP contribution in [0.15, 0.2) is 4.90 Å². The van der Waals surface area contributed by atoms with E-state index < -0.39 is 21.7 Å². The van der Waals surface area contributed by atoms with Crippen LogP contribution in [0, 0.1) is 18.3 Å². The van der Waals surface area contributed by atoms with E-state index in [4.69, 9.17) is 10.4 Å². The van der Waals surface area contributed by atoms with Crippen LogP contribution in [0.5, 0.6) is 0 Å². The molecule has 0 aliphatic carbocycles. The molecule has 18 heavy (non-hydrogen) atoms. The van der Waals surface area contributed by atoms with Crippen molar-refractivity contribution in [1.29, 1.82) is 5.26 Å². The van der Waals surface area contributed by atoms with E-state index in [2.05, 4.69) is 14.9 Å². The molecule has 0 atom stereocenters. The first-order valence-electron chi connectivity index (χ1n) is 5.05. The van der Waals surface area contributed by atoms with Crippen molar-refractivity contribution < 1.29 is 18.3 Å². The number of carboxylic acids is 1. The average Bonchev–Trinajstić information content (AvgIpc) is 2.67. The average molecular weight is 272 g/mol. The van der Waals surface area contributed by atoms with Gasteiger partial charge in [-0.05, 0) is 13.3 Å². The number of aromatic nitrogens is 2. The van der Waals surface area contributed by atoms with Crippen molar-refractivity contribution in [2.24, 2.45) is 0 Å². The second kappa shape index (κ2) is 5.61. The van der Waals surface area contributed by atoms with Crippen LogP contribution in [0.4, 0.5) is 0 Å². The summed E-state index contributed by atoms with van der Waals surface area (Å²) in [5.41, 5.74) is -0.388. The van der Waals surface area contributed by atoms with Gasteiger partial charge in [0.05, 0.1) is 11.8 Å². The molecule has 1 heterocycles. The Morgan fingerprint density at radius 2 is 2.28 bits per heavy atom. The van der Waals surface area contributed by atoms with Crippen molar-refractivity contribution in [3.63, 3.8) is 0 Å². The van der Waals surface area contributed by atoms with Crippen LogP contribution in [0.1, 0.15) is 29.0 Å². The Kier molecular flexibility index (Phi) is 4.41. The molecule has 0 aromatic carbocycles. The maximum absolute atomic E-state index is 11.9. The lowest BCUT2D eigenvalue weighted by atomic mass is 10.3. The fourth-order valence-electron chi connectivity index (χ4n) is 1.34. The molecule has 0 radical (unpaired) electrons. The SMILES string of the molecule is Cc1[nH]nc(C(=O)O)c1S(=O)(=O)NCCCC#N. The maximum Gasteiger partial charge on any atom is 0.357 e. The van der Waals surface area contributed by atoms with Crippen LogP contribution < -0.4 is 4.72 Å². The summed E-state index contributed by atoms with van der Waals surface area (Å²) >= 11 is 0. The number of hydrogen-bond acceptors (Lipinski definition) is 5. The van der Waals surface area contributed by atoms with Gasteiger partial charge in [-0.3, -0.25) is 5.10 Å². The highest BCUT2D eigenvalue weighted by Gasteiger charge is 2.27. The van der Waals surface area contributed by atoms with Crippen molar-refractivity contribution in [1.82, 2.24) is 14.9 Å². The Balaban J connectivity index is 2.95. The van der Waals surface area contributed by atoms with E-state index in [0.717, 1.165) is 0 Å². The van der Waals surface area contributed by atoms with E-state index in [1.165, 1.54) is 6.92 Å². The van der Waals surface area contributed by atoms with Gasteiger partial charge >= 0.3 is 5.97 Å². The number of nitriles is 1. The number of rotatable bonds is 6. The summed E-state index contributed by atoms with van der Waals surface area (Å²) in [4.78, 5) is 10.5. The summed E-state index contributed by atoms with van der Waals surface area (Å²) < 4.78 is 26.0. The van der Waals surface area contributed by atoms with Crippen LogP contribution in [0.3, 0.4) is 0 Å². The van der Waals surface area contributed by atoms with E-state index in [9.17, 15) is 13.2 Å². The molecule has 0 unspecified atom stereocenters. The second-order valence-corrected chi connectivity index (χ2v) is 5.19. The Hall–Kier alpha value is -1.92. The molecule has 3 N–H and O–H groups in total. The van der Waals surface area contributed by atoms with Crippen LogP contribution in [-0.2, 0) is 10.0 Å². The lowest BCUT2D eigenvalue weighted by Crippen LogP contribution is -2.26. The Labute approximate surface area is 104 Å². The first-order valence-corrected chi connectivity index (χ1v) is 6.53. The minimum absolute atomic E-state index is 0.0690. The minimum Gasteiger partial charge on any atom is -0.476 e. The van der Waals surface area contributed by atoms with Gasteiger partial charge in [-0.1, -0.05) is 0 Å². The van der Waals surface area contributed by atoms with Crippen LogP contribution >= 0.6 is 0 Å². The molecule has 0 amide bonds. The van der Waals surface area contributed by atoms with Crippen LogP contribution in [0.25, 0.3) is 0 Å². The van der Waals surface area contributed by atoms with Crippen molar-refractivity contribution in [2.75, 3.05) is 6.54 Å². The molecule has 0 spiro atoms. The van der Waals surface area contributed by atoms with Gasteiger partial charge in [-0.25, -0.2) is 17.9 Å². The number of aromatic carboxylic acids is 1. The van der Waals surface area contributed by atoms with Gasteiger partial charge in [0.15, 0.2) is 5.69 Å². The van der Waals surface area contributed by atoms with Gasteiger partial charge in [0, 0.05) is 13.0 Å². The maximum atomic E-state index is 11.9. The number of carbonyl (C=O) groups is 1. The lowest BCUT2D eigenvalue weighted by Gasteiger charge is -2.05. The summed E-state index contributed by atoms with van der Waals surface area (Å²) in [7, 11) is -3.94. The highest BCUT2D eigenvalue weighted by atomic mass is 32.2. The second-order valence-electron chi connectivity index (χ2n) is 3.49. The van der Waals surface area contributed by atoms with Gasteiger partial charge < -0.3 is 5.11 Å². The molecule has 1 rings (SSSR count). The highest BCUT2D eigenvalue weighted by molar-refractivity contribution is 7.89. The molecule has 0 saturated carbocycles. The number of sulfonamides is 1. The number of carboxylic acid groups (broad SMARTS) is 1. The zero-order chi connectivity index (χ0) is 13.8. The summed E-state index contributed by atoms with van der Waals surface area (Å²) in [6.45, 7) is 1.49. The van der Waals surface area contributed by atoms with E-state index in [1.807, 2.05) is 6.07 Å². The van der Waals surface area contributed by atoms with Gasteiger partial charge in [0.1, 0.15) is 4.90 Å². The smallest absolute Gasteiger partial charge is 0.357 e. The third kappa shape index (κ3) is 3.06. The number of nitrogens with zero attached hydrogens (tertiary/aromatic N) is 2. The number of H-pyrrole nitrogens is 1. The summed E-state index contributed by atoms with van der Waals surface area (Å²) in [5, 5.41) is 22.9. The molecule has 0 bridgehead atoms. The molecule has 1 aromatic heterocycles. The van der Waals surface area contributed by atoms with Crippen molar-refractivity contribution in [2.45, 2.75) is 24.7 Å². The fourth-order valence-corrected chi connectivity index (χ4v) is 2.73. The quantitative estimate of drug-likeness (QED) is 0.623. The van der Waals surface area contributed by atoms with E-state index in [1.54, 1.807) is 0 Å². The van der Waals surface area contributed by atoms with E-state index >= 15 is 0 Å². The zero-order valence-electron chi connectivity index (χ0n) is 9.60. The van der Waals surface area contributed by atoms with Gasteiger partial charge in [-0.15, -0.1) is 0 Å². The number of unbranched alkanes of at least 4 members (excludes halogenated alkanes) is 1. The standard InChI is InChI=1S/C9H12N4O4S/c1-6-8(7(9(14)15)13-12-6)18(16,17)11-5-3-2-4-10/h11H,2-3,5H2,1H3,(H,12,13)(H,14,15). The normalized spacial score (nSPS) is 11.1. The molecule has 1 aromatic rings. The minimum atomic E-state index is -3.94. The predicted octanol–water partition coefficient (Wildman–Crippen LogP) is -0.00160. The fraction of sp³-hybridized carbons (Fsp3) is 0.444. The van der Waals surface area contributed by atoms with Crippen molar-refractivity contribution in [3.05, 3.63) is 11.4 Å². The number of aromatic amines is 1. The third-order valence-electron chi connectivity index (χ3n) is 2.12. The highest BCUT2D eigenvalue weighted by Crippen LogP contribution is 2.17. The van der Waals surface area contributed by atoms with Crippen molar-refractivity contribution >= 4 is 16.0 Å². The summed E-state index contributed by atoms with van der Waals surface area (Å²) in [6.07, 6.45) is 0.577. The monoisotopic (exact) mass is 272 g/mol. The molecule has 0 fully saturated rings. The first kappa shape index (κ1) is 14.1. The molecule has 0 aliphatic rings. The van der Waals surface area contributed by atoms with Gasteiger partial charge in [0.2, 0.25) is 10.0 Å². The molecule has 98 valence electrons. The van der Waals surface area contributed by atoms with Gasteiger partial charge in [0.25, 0.3) is 0 Å². The predicted molar refractivity (Wildman–Crippen MR) is 60.3 cm³/mol. The first-order chi connectivity index (χ1) is 8.40. The molecule has 9 heteroatoms. The molecule has 0 saturated heterocycles. The zero-order valence-corrected chi connectivity index (χ0v) is 10.4. The van der Waals surface area contributed by atoms with Crippen molar-refractivity contribution in [3.8, 4) is 6.07 Å².